The highest BCUT2D eigenvalue weighted by Gasteiger charge is 2.39. The van der Waals surface area contributed by atoms with Gasteiger partial charge in [0.15, 0.2) is 5.78 Å². The number of aromatic nitrogens is 1. The first kappa shape index (κ1) is 24.2. The van der Waals surface area contributed by atoms with Crippen molar-refractivity contribution in [2.24, 2.45) is 0 Å². The first-order valence-electron chi connectivity index (χ1n) is 11.6. The molecule has 2 aromatic carbocycles. The molecule has 1 N–H and O–H groups in total. The van der Waals surface area contributed by atoms with Gasteiger partial charge in [0.05, 0.1) is 24.3 Å². The van der Waals surface area contributed by atoms with Crippen LogP contribution in [0.5, 0.6) is 0 Å². The second-order valence-electron chi connectivity index (χ2n) is 9.01. The molecule has 4 rings (SSSR count). The number of likely N-dealkylation sites (tertiary alicyclic amines) is 1. The van der Waals surface area contributed by atoms with E-state index in [1.807, 2.05) is 42.5 Å². The van der Waals surface area contributed by atoms with E-state index in [1.165, 1.54) is 10.5 Å². The molecule has 7 heteroatoms. The van der Waals surface area contributed by atoms with Crippen molar-refractivity contribution in [1.29, 1.82) is 0 Å². The molecule has 1 amide bonds. The minimum Gasteiger partial charge on any atom is -0.391 e. The molecule has 1 aliphatic rings. The fourth-order valence-corrected chi connectivity index (χ4v) is 4.76. The molecular formula is C27H29ClN2O4. The zero-order valence-electron chi connectivity index (χ0n) is 19.2. The van der Waals surface area contributed by atoms with Gasteiger partial charge in [-0.05, 0) is 48.9 Å². The largest absolute Gasteiger partial charge is 0.391 e. The average molecular weight is 481 g/mol. The number of hydrogen-bond donors (Lipinski definition) is 1. The van der Waals surface area contributed by atoms with Crippen LogP contribution in [-0.2, 0) is 22.4 Å². The fourth-order valence-electron chi connectivity index (χ4n) is 4.63. The SMILES string of the molecule is Cc1cc(CC(=O)N2C[C@H](O)C[C@H]2C(=O)C[C@@H](CCc2ccccc2)c2ccc(Cl)cc2)on1. The average Bonchev–Trinajstić information content (AvgIpc) is 3.43. The van der Waals surface area contributed by atoms with Crippen LogP contribution in [0.4, 0.5) is 0 Å². The molecule has 0 bridgehead atoms. The van der Waals surface area contributed by atoms with Gasteiger partial charge in [0.25, 0.3) is 0 Å². The zero-order chi connectivity index (χ0) is 24.1. The predicted octanol–water partition coefficient (Wildman–Crippen LogP) is 4.52. The van der Waals surface area contributed by atoms with Crippen molar-refractivity contribution < 1.29 is 19.2 Å². The van der Waals surface area contributed by atoms with Crippen LogP contribution in [0.3, 0.4) is 0 Å². The molecule has 1 saturated heterocycles. The van der Waals surface area contributed by atoms with E-state index in [0.717, 1.165) is 18.4 Å². The molecule has 0 aliphatic carbocycles. The molecule has 0 radical (unpaired) electrons. The molecule has 1 fully saturated rings. The lowest BCUT2D eigenvalue weighted by Gasteiger charge is -2.25. The Hall–Kier alpha value is -2.96. The third-order valence-electron chi connectivity index (χ3n) is 6.39. The molecule has 6 nitrogen and oxygen atoms in total. The third-order valence-corrected chi connectivity index (χ3v) is 6.64. The number of aliphatic hydroxyl groups is 1. The molecule has 34 heavy (non-hydrogen) atoms. The molecule has 0 saturated carbocycles. The van der Waals surface area contributed by atoms with Crippen molar-refractivity contribution in [3.63, 3.8) is 0 Å². The lowest BCUT2D eigenvalue weighted by atomic mass is 9.86. The van der Waals surface area contributed by atoms with Gasteiger partial charge in [-0.1, -0.05) is 59.2 Å². The van der Waals surface area contributed by atoms with E-state index in [0.29, 0.717) is 16.5 Å². The second-order valence-corrected chi connectivity index (χ2v) is 9.44. The van der Waals surface area contributed by atoms with Crippen LogP contribution in [0, 0.1) is 6.92 Å². The number of aryl methyl sites for hydroxylation is 2. The van der Waals surface area contributed by atoms with Gasteiger partial charge in [0.2, 0.25) is 5.91 Å². The Morgan fingerprint density at radius 3 is 2.59 bits per heavy atom. The van der Waals surface area contributed by atoms with Crippen LogP contribution in [0.1, 0.15) is 47.8 Å². The monoisotopic (exact) mass is 480 g/mol. The number of ketones is 1. The number of aliphatic hydroxyl groups excluding tert-OH is 1. The van der Waals surface area contributed by atoms with Gasteiger partial charge in [0.1, 0.15) is 5.76 Å². The first-order chi connectivity index (χ1) is 16.4. The number of carbonyl (C=O) groups excluding carboxylic acids is 2. The van der Waals surface area contributed by atoms with Gasteiger partial charge in [-0.15, -0.1) is 0 Å². The lowest BCUT2D eigenvalue weighted by molar-refractivity contribution is -0.137. The summed E-state index contributed by atoms with van der Waals surface area (Å²) in [5, 5.41) is 14.7. The van der Waals surface area contributed by atoms with Crippen molar-refractivity contribution >= 4 is 23.3 Å². The van der Waals surface area contributed by atoms with E-state index >= 15 is 0 Å². The van der Waals surface area contributed by atoms with Gasteiger partial charge >= 0.3 is 0 Å². The number of amides is 1. The number of carbonyl (C=O) groups is 2. The summed E-state index contributed by atoms with van der Waals surface area (Å²) in [5.74, 6) is 0.165. The number of nitrogens with zero attached hydrogens (tertiary/aromatic N) is 2. The van der Waals surface area contributed by atoms with E-state index in [9.17, 15) is 14.7 Å². The molecule has 1 aliphatic heterocycles. The van der Waals surface area contributed by atoms with Crippen molar-refractivity contribution in [3.05, 3.63) is 88.3 Å². The summed E-state index contributed by atoms with van der Waals surface area (Å²) >= 11 is 6.09. The molecule has 2 heterocycles. The maximum absolute atomic E-state index is 13.5. The second kappa shape index (κ2) is 11.0. The minimum absolute atomic E-state index is 0.0170. The molecule has 1 aromatic heterocycles. The summed E-state index contributed by atoms with van der Waals surface area (Å²) in [7, 11) is 0. The molecule has 0 spiro atoms. The number of halogens is 1. The highest BCUT2D eigenvalue weighted by atomic mass is 35.5. The number of rotatable bonds is 9. The Balaban J connectivity index is 1.48. The van der Waals surface area contributed by atoms with E-state index in [1.54, 1.807) is 13.0 Å². The first-order valence-corrected chi connectivity index (χ1v) is 12.0. The number of β-amino-alcohol motifs (C(OH)–C–C–N with tert-alkyl or cyclic N) is 1. The van der Waals surface area contributed by atoms with Crippen molar-refractivity contribution in [3.8, 4) is 0 Å². The molecule has 3 atom stereocenters. The maximum atomic E-state index is 13.5. The lowest BCUT2D eigenvalue weighted by Crippen LogP contribution is -2.41. The normalized spacial score (nSPS) is 18.7. The van der Waals surface area contributed by atoms with E-state index in [-0.39, 0.29) is 43.4 Å². The van der Waals surface area contributed by atoms with Crippen LogP contribution in [0.2, 0.25) is 5.02 Å². The third kappa shape index (κ3) is 6.13. The summed E-state index contributed by atoms with van der Waals surface area (Å²) in [6.45, 7) is 1.94. The summed E-state index contributed by atoms with van der Waals surface area (Å²) < 4.78 is 5.17. The van der Waals surface area contributed by atoms with Crippen molar-refractivity contribution in [2.45, 2.75) is 57.1 Å². The summed E-state index contributed by atoms with van der Waals surface area (Å²) in [5.41, 5.74) is 2.95. The van der Waals surface area contributed by atoms with Crippen LogP contribution < -0.4 is 0 Å². The maximum Gasteiger partial charge on any atom is 0.231 e. The van der Waals surface area contributed by atoms with Gasteiger partial charge in [0, 0.05) is 30.5 Å². The number of Topliss-reactive ketones (excluding diaryl/α,β-unsaturated/α-hetero) is 1. The smallest absolute Gasteiger partial charge is 0.231 e. The van der Waals surface area contributed by atoms with Crippen molar-refractivity contribution in [2.75, 3.05) is 6.54 Å². The Kier molecular flexibility index (Phi) is 7.80. The highest BCUT2D eigenvalue weighted by molar-refractivity contribution is 6.30. The Morgan fingerprint density at radius 1 is 1.18 bits per heavy atom. The van der Waals surface area contributed by atoms with Gasteiger partial charge in [-0.3, -0.25) is 9.59 Å². The van der Waals surface area contributed by atoms with Crippen LogP contribution in [0.15, 0.2) is 65.2 Å². The van der Waals surface area contributed by atoms with Gasteiger partial charge in [-0.25, -0.2) is 0 Å². The zero-order valence-corrected chi connectivity index (χ0v) is 19.9. The molecule has 0 unspecified atom stereocenters. The topological polar surface area (TPSA) is 83.6 Å². The fraction of sp³-hybridized carbons (Fsp3) is 0.370. The summed E-state index contributed by atoms with van der Waals surface area (Å²) in [6.07, 6.45) is 1.47. The van der Waals surface area contributed by atoms with Crippen LogP contribution in [-0.4, -0.2) is 45.5 Å². The van der Waals surface area contributed by atoms with E-state index in [2.05, 4.69) is 17.3 Å². The minimum atomic E-state index is -0.715. The number of hydrogen-bond acceptors (Lipinski definition) is 5. The molecule has 178 valence electrons. The van der Waals surface area contributed by atoms with E-state index in [4.69, 9.17) is 16.1 Å². The Labute approximate surface area is 204 Å². The Bertz CT molecular complexity index is 1110. The summed E-state index contributed by atoms with van der Waals surface area (Å²) in [6, 6.07) is 18.8. The van der Waals surface area contributed by atoms with Gasteiger partial charge < -0.3 is 14.5 Å². The van der Waals surface area contributed by atoms with Crippen LogP contribution in [0.25, 0.3) is 0 Å². The van der Waals surface area contributed by atoms with Gasteiger partial charge in [-0.2, -0.15) is 0 Å². The molecular weight excluding hydrogens is 452 g/mol. The van der Waals surface area contributed by atoms with Crippen molar-refractivity contribution in [1.82, 2.24) is 10.1 Å². The van der Waals surface area contributed by atoms with Crippen LogP contribution >= 0.6 is 11.6 Å². The number of benzene rings is 2. The predicted molar refractivity (Wildman–Crippen MR) is 130 cm³/mol. The van der Waals surface area contributed by atoms with E-state index < -0.39 is 12.1 Å². The quantitative estimate of drug-likeness (QED) is 0.487. The molecule has 3 aromatic rings. The standard InChI is InChI=1S/C27H29ClN2O4/c1-18-13-24(34-29-18)16-27(33)30-17-23(31)15-25(30)26(32)14-21(20-9-11-22(28)12-10-20)8-7-19-5-3-2-4-6-19/h2-6,9-13,21,23,25,31H,7-8,14-17H2,1H3/t21-,23-,25+/m1/s1. The highest BCUT2D eigenvalue weighted by Crippen LogP contribution is 2.30. The Morgan fingerprint density at radius 2 is 1.91 bits per heavy atom. The summed E-state index contributed by atoms with van der Waals surface area (Å²) in [4.78, 5) is 27.9.